The molecule has 6 rings (SSSR count). The number of aromatic nitrogens is 6. The lowest BCUT2D eigenvalue weighted by Crippen LogP contribution is -2.17. The molecular formula is C34H33Cl2N15O15S4. The van der Waals surface area contributed by atoms with Gasteiger partial charge in [-0.05, 0) is 91.0 Å². The van der Waals surface area contributed by atoms with Gasteiger partial charge in [0.15, 0.2) is 5.75 Å². The summed E-state index contributed by atoms with van der Waals surface area (Å²) in [7, 11) is -21.2. The van der Waals surface area contributed by atoms with Gasteiger partial charge in [0.05, 0.1) is 23.3 Å². The molecule has 0 aliphatic carbocycles. The number of benzene rings is 4. The van der Waals surface area contributed by atoms with Gasteiger partial charge in [-0.15, -0.1) is 20.5 Å². The molecule has 0 spiro atoms. The summed E-state index contributed by atoms with van der Waals surface area (Å²) < 4.78 is 141. The van der Waals surface area contributed by atoms with E-state index in [9.17, 15) is 67.2 Å². The Morgan fingerprint density at radius 3 is 1.31 bits per heavy atom. The molecule has 36 heteroatoms. The minimum absolute atomic E-state index is 0.000459. The second-order valence-electron chi connectivity index (χ2n) is 14.2. The number of azo groups is 2. The summed E-state index contributed by atoms with van der Waals surface area (Å²) in [5.74, 6) is -1.99. The number of hydrogen-bond donors (Lipinski definition) is 12. The van der Waals surface area contributed by atoms with Crippen molar-refractivity contribution in [3.63, 3.8) is 0 Å². The molecule has 0 saturated heterocycles. The smallest absolute Gasteiger partial charge is 0.296 e. The Kier molecular flexibility index (Phi) is 15.3. The van der Waals surface area contributed by atoms with E-state index in [4.69, 9.17) is 28.9 Å². The topological polar surface area (TPSA) is 479 Å². The van der Waals surface area contributed by atoms with Crippen LogP contribution in [0.2, 0.25) is 10.6 Å². The summed E-state index contributed by atoms with van der Waals surface area (Å²) in [5.41, 5.74) is 1.49. The van der Waals surface area contributed by atoms with E-state index < -0.39 is 117 Å². The number of rotatable bonds is 18. The monoisotopic (exact) mass is 1090 g/mol. The summed E-state index contributed by atoms with van der Waals surface area (Å²) in [6.07, 6.45) is -1.65. The van der Waals surface area contributed by atoms with Crippen LogP contribution in [-0.2, 0) is 40.5 Å². The second kappa shape index (κ2) is 20.3. The predicted molar refractivity (Wildman–Crippen MR) is 247 cm³/mol. The minimum Gasteiger partial charge on any atom is -0.505 e. The van der Waals surface area contributed by atoms with E-state index in [1.807, 2.05) is 0 Å². The molecule has 0 bridgehead atoms. The molecule has 0 amide bonds. The van der Waals surface area contributed by atoms with Gasteiger partial charge in [-0.2, -0.15) is 63.6 Å². The van der Waals surface area contributed by atoms with E-state index in [0.29, 0.717) is 12.1 Å². The molecule has 6 aromatic rings. The highest BCUT2D eigenvalue weighted by Crippen LogP contribution is 2.49. The summed E-state index contributed by atoms with van der Waals surface area (Å²) in [4.78, 5) is 19.2. The number of aliphatic hydroxyl groups is 2. The highest BCUT2D eigenvalue weighted by molar-refractivity contribution is 7.86. The van der Waals surface area contributed by atoms with Gasteiger partial charge in [0.1, 0.15) is 42.3 Å². The third-order valence-electron chi connectivity index (χ3n) is 8.70. The molecule has 30 nitrogen and oxygen atoms in total. The summed E-state index contributed by atoms with van der Waals surface area (Å²) in [5, 5.41) is 54.3. The maximum atomic E-state index is 12.8. The number of nitrogen functional groups attached to an aromatic ring is 1. The van der Waals surface area contributed by atoms with E-state index in [1.165, 1.54) is 13.8 Å². The first kappa shape index (κ1) is 52.7. The van der Waals surface area contributed by atoms with Crippen molar-refractivity contribution in [2.45, 2.75) is 45.6 Å². The molecule has 0 radical (unpaired) electrons. The van der Waals surface area contributed by atoms with Crippen LogP contribution in [0.5, 0.6) is 5.75 Å². The molecule has 70 heavy (non-hydrogen) atoms. The fraction of sp³-hybridized carbons (Fsp3) is 0.176. The van der Waals surface area contributed by atoms with Crippen LogP contribution in [-0.4, -0.2) is 122 Å². The fourth-order valence-corrected chi connectivity index (χ4v) is 8.66. The highest BCUT2D eigenvalue weighted by atomic mass is 35.5. The van der Waals surface area contributed by atoms with Crippen molar-refractivity contribution in [1.29, 1.82) is 0 Å². The number of phenols is 1. The predicted octanol–water partition coefficient (Wildman–Crippen LogP) is 4.69. The molecule has 2 aromatic heterocycles. The van der Waals surface area contributed by atoms with Crippen molar-refractivity contribution in [1.82, 2.24) is 29.9 Å². The lowest BCUT2D eigenvalue weighted by molar-refractivity contribution is 0.207. The SMILES string of the molecule is CC(O)CNc1nc(Cl)nc(Nc2ccc(S(=O)(=O)O)c(N=Nc3c(S(=O)(=O)O)cc4cc(S(=O)(=O)O)c(N=Nc5cc(Nc6nc(Cl)nc(NCC(C)O)n6)ccc5S(=O)(=O)O)c(O)c4c3N)c2)n1. The van der Waals surface area contributed by atoms with E-state index in [2.05, 4.69) is 71.6 Å². The van der Waals surface area contributed by atoms with Crippen molar-refractivity contribution in [3.8, 4) is 5.75 Å². The van der Waals surface area contributed by atoms with Crippen molar-refractivity contribution < 1.29 is 67.2 Å². The van der Waals surface area contributed by atoms with Crippen LogP contribution in [0.15, 0.2) is 88.6 Å². The van der Waals surface area contributed by atoms with Gasteiger partial charge in [0.25, 0.3) is 40.5 Å². The number of aromatic hydroxyl groups is 1. The summed E-state index contributed by atoms with van der Waals surface area (Å²) in [6, 6.07) is 6.72. The lowest BCUT2D eigenvalue weighted by atomic mass is 10.1. The molecule has 0 aliphatic rings. The molecule has 0 saturated carbocycles. The van der Waals surface area contributed by atoms with Gasteiger partial charge in [-0.3, -0.25) is 18.2 Å². The number of hydrogen-bond acceptors (Lipinski definition) is 26. The van der Waals surface area contributed by atoms with E-state index >= 15 is 0 Å². The largest absolute Gasteiger partial charge is 0.505 e. The number of nitrogens with two attached hydrogens (primary N) is 1. The van der Waals surface area contributed by atoms with Gasteiger partial charge < -0.3 is 42.3 Å². The second-order valence-corrected chi connectivity index (χ2v) is 20.4. The zero-order valence-electron chi connectivity index (χ0n) is 35.0. The van der Waals surface area contributed by atoms with Crippen LogP contribution in [0.1, 0.15) is 13.8 Å². The Bertz CT molecular complexity index is 3370. The number of nitrogens with one attached hydrogen (secondary N) is 4. The van der Waals surface area contributed by atoms with Crippen LogP contribution in [0.3, 0.4) is 0 Å². The number of fused-ring (bicyclic) bond motifs is 1. The van der Waals surface area contributed by atoms with Crippen LogP contribution in [0.4, 0.5) is 63.6 Å². The van der Waals surface area contributed by atoms with Crippen molar-refractivity contribution in [2.24, 2.45) is 20.5 Å². The molecule has 2 unspecified atom stereocenters. The Morgan fingerprint density at radius 1 is 0.557 bits per heavy atom. The summed E-state index contributed by atoms with van der Waals surface area (Å²) >= 11 is 12.0. The number of phenolic OH excluding ortho intramolecular Hbond substituents is 1. The lowest BCUT2D eigenvalue weighted by Gasteiger charge is -2.14. The Hall–Kier alpha value is -6.70. The number of aliphatic hydroxyl groups excluding tert-OH is 2. The third kappa shape index (κ3) is 12.9. The van der Waals surface area contributed by atoms with Crippen LogP contribution in [0.25, 0.3) is 10.8 Å². The Balaban J connectivity index is 1.49. The van der Waals surface area contributed by atoms with Crippen LogP contribution < -0.4 is 27.0 Å². The van der Waals surface area contributed by atoms with Crippen LogP contribution in [0, 0.1) is 0 Å². The van der Waals surface area contributed by atoms with E-state index in [-0.39, 0.29) is 58.8 Å². The molecule has 4 aromatic carbocycles. The number of anilines is 7. The summed E-state index contributed by atoms with van der Waals surface area (Å²) in [6.45, 7) is 2.95. The fourth-order valence-electron chi connectivity index (χ4n) is 5.80. The average molecular weight is 1090 g/mol. The van der Waals surface area contributed by atoms with Gasteiger partial charge in [-0.1, -0.05) is 0 Å². The zero-order valence-corrected chi connectivity index (χ0v) is 39.8. The van der Waals surface area contributed by atoms with E-state index in [1.54, 1.807) is 0 Å². The maximum Gasteiger partial charge on any atom is 0.296 e. The first-order valence-corrected chi connectivity index (χ1v) is 25.3. The van der Waals surface area contributed by atoms with Gasteiger partial charge in [0, 0.05) is 24.5 Å². The molecule has 0 fully saturated rings. The first-order chi connectivity index (χ1) is 32.5. The minimum atomic E-state index is -5.50. The maximum absolute atomic E-state index is 12.8. The zero-order chi connectivity index (χ0) is 51.7. The number of nitrogens with zero attached hydrogens (tertiary/aromatic N) is 10. The van der Waals surface area contributed by atoms with Gasteiger partial charge >= 0.3 is 0 Å². The molecule has 2 heterocycles. The average Bonchev–Trinajstić information content (AvgIpc) is 3.22. The first-order valence-electron chi connectivity index (χ1n) is 18.8. The van der Waals surface area contributed by atoms with Crippen molar-refractivity contribution >= 4 is 138 Å². The third-order valence-corrected chi connectivity index (χ3v) is 12.6. The quantitative estimate of drug-likeness (QED) is 0.0315. The highest BCUT2D eigenvalue weighted by Gasteiger charge is 2.29. The molecular weight excluding hydrogens is 1060 g/mol. The van der Waals surface area contributed by atoms with Gasteiger partial charge in [0.2, 0.25) is 34.4 Å². The normalized spacial score (nSPS) is 13.5. The standard InChI is InChI=1S/C34H33Cl2N15O15S4/c1-13(52)11-38-31-42-29(35)44-33(46-31)40-16-3-5-20(67(55,56)57)18(9-16)48-50-26-22(69(61,62)63)7-15-8-23(70(64,65)66)27(28(54)24(15)25(26)37)51-49-19-10-17(4-6-21(19)68(58,59)60)41-34-45-30(36)43-32(47-34)39-12-14(2)53/h3-10,13-14,52-54H,11-12,37H2,1-2H3,(H,55,56,57)(H,58,59,60)(H,61,62,63)(H,64,65,66)(H2,38,40,42,44,46)(H2,39,41,43,45,47). The van der Waals surface area contributed by atoms with Gasteiger partial charge in [-0.25, -0.2) is 0 Å². The molecule has 13 N–H and O–H groups in total. The van der Waals surface area contributed by atoms with Crippen molar-refractivity contribution in [3.05, 3.63) is 59.1 Å². The van der Waals surface area contributed by atoms with Crippen molar-refractivity contribution in [2.75, 3.05) is 40.1 Å². The van der Waals surface area contributed by atoms with E-state index in [0.717, 1.165) is 36.4 Å². The molecule has 2 atom stereocenters. The molecule has 372 valence electrons. The Labute approximate surface area is 404 Å². The van der Waals surface area contributed by atoms with Crippen LogP contribution >= 0.6 is 23.2 Å². The molecule has 0 aliphatic heterocycles. The Morgan fingerprint density at radius 2 is 0.929 bits per heavy atom. The number of halogens is 2.